The summed E-state index contributed by atoms with van der Waals surface area (Å²) in [4.78, 5) is 0.288. The maximum atomic E-state index is 12.3. The van der Waals surface area contributed by atoms with E-state index in [0.717, 1.165) is 12.8 Å². The van der Waals surface area contributed by atoms with Crippen molar-refractivity contribution < 1.29 is 8.42 Å². The van der Waals surface area contributed by atoms with E-state index in [1.807, 2.05) is 0 Å². The zero-order valence-electron chi connectivity index (χ0n) is 10.9. The highest BCUT2D eigenvalue weighted by Crippen LogP contribution is 2.28. The molecule has 1 aromatic rings. The highest BCUT2D eigenvalue weighted by Gasteiger charge is 2.32. The van der Waals surface area contributed by atoms with Gasteiger partial charge in [-0.05, 0) is 32.7 Å². The van der Waals surface area contributed by atoms with E-state index in [4.69, 9.17) is 0 Å². The second kappa shape index (κ2) is 4.99. The summed E-state index contributed by atoms with van der Waals surface area (Å²) in [6.45, 7) is 4.28. The van der Waals surface area contributed by atoms with Crippen LogP contribution < -0.4 is 10.0 Å². The van der Waals surface area contributed by atoms with Gasteiger partial charge in [0.2, 0.25) is 10.0 Å². The average molecular weight is 272 g/mol. The van der Waals surface area contributed by atoms with Gasteiger partial charge in [-0.1, -0.05) is 6.92 Å². The van der Waals surface area contributed by atoms with Gasteiger partial charge in [0.1, 0.15) is 4.90 Å². The van der Waals surface area contributed by atoms with Crippen LogP contribution in [-0.4, -0.2) is 31.7 Å². The fraction of sp³-hybridized carbons (Fsp3) is 0.727. The third-order valence-corrected chi connectivity index (χ3v) is 4.99. The molecule has 0 aliphatic heterocycles. The topological polar surface area (TPSA) is 86.9 Å². The first-order valence-corrected chi connectivity index (χ1v) is 7.63. The van der Waals surface area contributed by atoms with Crippen molar-refractivity contribution in [3.8, 4) is 0 Å². The molecule has 1 saturated carbocycles. The Morgan fingerprint density at radius 1 is 1.44 bits per heavy atom. The van der Waals surface area contributed by atoms with Crippen LogP contribution in [0.5, 0.6) is 0 Å². The highest BCUT2D eigenvalue weighted by molar-refractivity contribution is 7.89. The average Bonchev–Trinajstić information content (AvgIpc) is 2.58. The highest BCUT2D eigenvalue weighted by atomic mass is 32.2. The number of H-pyrrole nitrogens is 1. The molecule has 1 aliphatic carbocycles. The van der Waals surface area contributed by atoms with Gasteiger partial charge in [0.25, 0.3) is 0 Å². The summed E-state index contributed by atoms with van der Waals surface area (Å²) >= 11 is 0. The number of hydrogen-bond donors (Lipinski definition) is 3. The Balaban J connectivity index is 2.20. The summed E-state index contributed by atoms with van der Waals surface area (Å²) in [6, 6.07) is 0.0711. The Hall–Kier alpha value is -0.920. The molecule has 7 heteroatoms. The predicted octanol–water partition coefficient (Wildman–Crippen LogP) is 0.514. The molecule has 1 aromatic heterocycles. The van der Waals surface area contributed by atoms with E-state index in [1.54, 1.807) is 14.0 Å². The van der Waals surface area contributed by atoms with Crippen molar-refractivity contribution in [1.29, 1.82) is 0 Å². The fourth-order valence-corrected chi connectivity index (χ4v) is 4.02. The number of hydrogen-bond acceptors (Lipinski definition) is 4. The molecule has 1 heterocycles. The summed E-state index contributed by atoms with van der Waals surface area (Å²) in [6.07, 6.45) is 1.83. The molecule has 0 saturated heterocycles. The lowest BCUT2D eigenvalue weighted by Crippen LogP contribution is -2.43. The molecule has 0 unspecified atom stereocenters. The van der Waals surface area contributed by atoms with Crippen LogP contribution in [0.25, 0.3) is 0 Å². The van der Waals surface area contributed by atoms with Gasteiger partial charge in [-0.15, -0.1) is 0 Å². The SMILES string of the molecule is CNCc1n[nH]c(C)c1S(=O)(=O)NC1CC(C)C1. The monoisotopic (exact) mass is 272 g/mol. The fourth-order valence-electron chi connectivity index (χ4n) is 2.39. The van der Waals surface area contributed by atoms with E-state index in [2.05, 4.69) is 27.2 Å². The molecular weight excluding hydrogens is 252 g/mol. The predicted molar refractivity (Wildman–Crippen MR) is 68.6 cm³/mol. The first-order chi connectivity index (χ1) is 8.44. The molecule has 0 radical (unpaired) electrons. The molecular formula is C11H20N4O2S. The maximum Gasteiger partial charge on any atom is 0.244 e. The first kappa shape index (κ1) is 13.5. The standard InChI is InChI=1S/C11H20N4O2S/c1-7-4-9(5-7)15-18(16,17)11-8(2)13-14-10(11)6-12-3/h7,9,12,15H,4-6H2,1-3H3,(H,13,14). The van der Waals surface area contributed by atoms with Gasteiger partial charge in [-0.25, -0.2) is 13.1 Å². The number of aryl methyl sites for hydroxylation is 1. The van der Waals surface area contributed by atoms with Crippen molar-refractivity contribution in [2.45, 2.75) is 44.2 Å². The quantitative estimate of drug-likeness (QED) is 0.729. The number of nitrogens with zero attached hydrogens (tertiary/aromatic N) is 1. The summed E-state index contributed by atoms with van der Waals surface area (Å²) in [5, 5.41) is 9.69. The normalized spacial score (nSPS) is 23.9. The van der Waals surface area contributed by atoms with Gasteiger partial charge in [-0.3, -0.25) is 5.10 Å². The number of sulfonamides is 1. The minimum atomic E-state index is -3.47. The molecule has 102 valence electrons. The van der Waals surface area contributed by atoms with Crippen LogP contribution in [0.4, 0.5) is 0 Å². The van der Waals surface area contributed by atoms with Crippen LogP contribution >= 0.6 is 0 Å². The van der Waals surface area contributed by atoms with E-state index < -0.39 is 10.0 Å². The van der Waals surface area contributed by atoms with Crippen molar-refractivity contribution >= 4 is 10.0 Å². The van der Waals surface area contributed by atoms with Gasteiger partial charge < -0.3 is 5.32 Å². The van der Waals surface area contributed by atoms with E-state index in [0.29, 0.717) is 23.9 Å². The van der Waals surface area contributed by atoms with Crippen LogP contribution in [0, 0.1) is 12.8 Å². The Morgan fingerprint density at radius 3 is 2.67 bits per heavy atom. The largest absolute Gasteiger partial charge is 0.314 e. The van der Waals surface area contributed by atoms with Crippen LogP contribution in [0.1, 0.15) is 31.2 Å². The van der Waals surface area contributed by atoms with Gasteiger partial charge in [0.15, 0.2) is 0 Å². The molecule has 1 fully saturated rings. The van der Waals surface area contributed by atoms with E-state index in [9.17, 15) is 8.42 Å². The van der Waals surface area contributed by atoms with Crippen molar-refractivity contribution in [3.63, 3.8) is 0 Å². The molecule has 0 aromatic carbocycles. The van der Waals surface area contributed by atoms with E-state index in [1.165, 1.54) is 0 Å². The van der Waals surface area contributed by atoms with Crippen molar-refractivity contribution in [2.75, 3.05) is 7.05 Å². The molecule has 0 atom stereocenters. The molecule has 3 N–H and O–H groups in total. The lowest BCUT2D eigenvalue weighted by atomic mass is 9.83. The van der Waals surface area contributed by atoms with Crippen molar-refractivity contribution in [3.05, 3.63) is 11.4 Å². The molecule has 0 bridgehead atoms. The maximum absolute atomic E-state index is 12.3. The Morgan fingerprint density at radius 2 is 2.11 bits per heavy atom. The second-order valence-electron chi connectivity index (χ2n) is 5.05. The summed E-state index contributed by atoms with van der Waals surface area (Å²) in [5.41, 5.74) is 1.12. The Bertz CT molecular complexity index is 517. The molecule has 2 rings (SSSR count). The lowest BCUT2D eigenvalue weighted by molar-refractivity contribution is 0.270. The van der Waals surface area contributed by atoms with Crippen LogP contribution in [0.2, 0.25) is 0 Å². The summed E-state index contributed by atoms with van der Waals surface area (Å²) in [5.74, 6) is 0.611. The van der Waals surface area contributed by atoms with Crippen molar-refractivity contribution in [2.24, 2.45) is 5.92 Å². The van der Waals surface area contributed by atoms with Gasteiger partial charge >= 0.3 is 0 Å². The van der Waals surface area contributed by atoms with Crippen LogP contribution in [-0.2, 0) is 16.6 Å². The molecule has 6 nitrogen and oxygen atoms in total. The van der Waals surface area contributed by atoms with Gasteiger partial charge in [0.05, 0.1) is 11.4 Å². The molecule has 18 heavy (non-hydrogen) atoms. The molecule has 1 aliphatic rings. The third-order valence-electron chi connectivity index (χ3n) is 3.27. The number of rotatable bonds is 5. The van der Waals surface area contributed by atoms with Gasteiger partial charge in [-0.2, -0.15) is 5.10 Å². The first-order valence-electron chi connectivity index (χ1n) is 6.14. The minimum Gasteiger partial charge on any atom is -0.314 e. The van der Waals surface area contributed by atoms with Gasteiger partial charge in [0, 0.05) is 12.6 Å². The Labute approximate surface area is 108 Å². The number of nitrogens with one attached hydrogen (secondary N) is 3. The van der Waals surface area contributed by atoms with E-state index >= 15 is 0 Å². The van der Waals surface area contributed by atoms with E-state index in [-0.39, 0.29) is 10.9 Å². The lowest BCUT2D eigenvalue weighted by Gasteiger charge is -2.32. The molecule has 0 spiro atoms. The Kier molecular flexibility index (Phi) is 3.74. The van der Waals surface area contributed by atoms with Crippen LogP contribution in [0.15, 0.2) is 4.90 Å². The smallest absolute Gasteiger partial charge is 0.244 e. The van der Waals surface area contributed by atoms with Crippen molar-refractivity contribution in [1.82, 2.24) is 20.2 Å². The van der Waals surface area contributed by atoms with Crippen LogP contribution in [0.3, 0.4) is 0 Å². The zero-order chi connectivity index (χ0) is 13.3. The molecule has 0 amide bonds. The number of aromatic nitrogens is 2. The third kappa shape index (κ3) is 2.57. The minimum absolute atomic E-state index is 0.0711. The summed E-state index contributed by atoms with van der Waals surface area (Å²) in [7, 11) is -1.70. The second-order valence-corrected chi connectivity index (χ2v) is 6.70. The number of aromatic amines is 1. The summed E-state index contributed by atoms with van der Waals surface area (Å²) < 4.78 is 27.4. The zero-order valence-corrected chi connectivity index (χ0v) is 11.8.